The molecule has 0 bridgehead atoms. The van der Waals surface area contributed by atoms with E-state index in [0.717, 1.165) is 6.42 Å². The van der Waals surface area contributed by atoms with E-state index in [-0.39, 0.29) is 12.5 Å². The first kappa shape index (κ1) is 9.16. The molecule has 6 heteroatoms. The van der Waals surface area contributed by atoms with Crippen molar-refractivity contribution in [3.8, 4) is 0 Å². The van der Waals surface area contributed by atoms with Crippen LogP contribution in [-0.4, -0.2) is 29.6 Å². The number of hydrogen-bond acceptors (Lipinski definition) is 3. The number of ether oxygens (including phenoxy) is 1. The molecule has 0 aromatic rings. The third-order valence-corrected chi connectivity index (χ3v) is 1.99. The Hall–Kier alpha value is 0.0700. The predicted molar refractivity (Wildman–Crippen MR) is 36.9 cm³/mol. The highest BCUT2D eigenvalue weighted by Crippen LogP contribution is 2.36. The summed E-state index contributed by atoms with van der Waals surface area (Å²) in [4.78, 5) is 16.7. The summed E-state index contributed by atoms with van der Waals surface area (Å²) in [6.07, 6.45) is 0.819. The fraction of sp³-hybridized carbons (Fsp3) is 1.00. The average molecular weight is 182 g/mol. The van der Waals surface area contributed by atoms with Gasteiger partial charge in [-0.1, -0.05) is 0 Å². The van der Waals surface area contributed by atoms with E-state index in [1.807, 2.05) is 0 Å². The summed E-state index contributed by atoms with van der Waals surface area (Å²) >= 11 is 0. The van der Waals surface area contributed by atoms with Crippen LogP contribution in [0.5, 0.6) is 0 Å². The second-order valence-corrected chi connectivity index (χ2v) is 3.76. The van der Waals surface area contributed by atoms with Crippen LogP contribution in [-0.2, 0) is 13.8 Å². The first-order valence-corrected chi connectivity index (χ1v) is 4.89. The fourth-order valence-electron chi connectivity index (χ4n) is 0.917. The van der Waals surface area contributed by atoms with Crippen molar-refractivity contribution in [1.82, 2.24) is 0 Å². The molecule has 1 heterocycles. The maximum absolute atomic E-state index is 10.2. The van der Waals surface area contributed by atoms with E-state index in [1.165, 1.54) is 0 Å². The third kappa shape index (κ3) is 3.84. The molecule has 0 aromatic heterocycles. The summed E-state index contributed by atoms with van der Waals surface area (Å²) in [6, 6.07) is 0. The minimum Gasteiger partial charge on any atom is -0.381 e. The summed E-state index contributed by atoms with van der Waals surface area (Å²) in [7, 11) is -4.27. The highest BCUT2D eigenvalue weighted by atomic mass is 31.2. The van der Waals surface area contributed by atoms with Gasteiger partial charge in [-0.05, 0) is 6.42 Å². The molecule has 0 radical (unpaired) electrons. The lowest BCUT2D eigenvalue weighted by Crippen LogP contribution is -2.07. The van der Waals surface area contributed by atoms with Crippen molar-refractivity contribution >= 4 is 7.82 Å². The van der Waals surface area contributed by atoms with Crippen LogP contribution in [0.15, 0.2) is 0 Å². The van der Waals surface area contributed by atoms with Gasteiger partial charge in [0.05, 0.1) is 13.2 Å². The quantitative estimate of drug-likeness (QED) is 0.607. The van der Waals surface area contributed by atoms with E-state index in [2.05, 4.69) is 4.52 Å². The lowest BCUT2D eigenvalue weighted by molar-refractivity contribution is 0.143. The van der Waals surface area contributed by atoms with Gasteiger partial charge in [0.2, 0.25) is 0 Å². The predicted octanol–water partition coefficient (Wildman–Crippen LogP) is 0.132. The molecule has 1 saturated heterocycles. The first-order valence-electron chi connectivity index (χ1n) is 3.36. The zero-order valence-electron chi connectivity index (χ0n) is 5.97. The molecular weight excluding hydrogens is 171 g/mol. The Bertz CT molecular complexity index is 158. The van der Waals surface area contributed by atoms with Crippen LogP contribution >= 0.6 is 7.82 Å². The molecule has 11 heavy (non-hydrogen) atoms. The van der Waals surface area contributed by atoms with Gasteiger partial charge in [0.1, 0.15) is 0 Å². The second-order valence-electron chi connectivity index (χ2n) is 2.52. The molecule has 0 amide bonds. The Labute approximate surface area is 64.6 Å². The molecule has 1 aliphatic heterocycles. The van der Waals surface area contributed by atoms with E-state index >= 15 is 0 Å². The topological polar surface area (TPSA) is 76.0 Å². The lowest BCUT2D eigenvalue weighted by atomic mass is 10.1. The molecule has 0 aliphatic carbocycles. The number of phosphoric acid groups is 1. The van der Waals surface area contributed by atoms with Crippen molar-refractivity contribution in [1.29, 1.82) is 0 Å². The second kappa shape index (κ2) is 3.65. The number of hydrogen-bond donors (Lipinski definition) is 2. The standard InChI is InChI=1S/C5H11O5P/c6-11(7,8)10-4-5-1-2-9-3-5/h5H,1-4H2,(H2,6,7,8). The van der Waals surface area contributed by atoms with E-state index in [0.29, 0.717) is 13.2 Å². The van der Waals surface area contributed by atoms with Gasteiger partial charge < -0.3 is 14.5 Å². The largest absolute Gasteiger partial charge is 0.469 e. The highest BCUT2D eigenvalue weighted by Gasteiger charge is 2.21. The number of rotatable bonds is 3. The van der Waals surface area contributed by atoms with Crippen LogP contribution in [0.2, 0.25) is 0 Å². The molecule has 1 aliphatic rings. The van der Waals surface area contributed by atoms with Crippen LogP contribution in [0.3, 0.4) is 0 Å². The molecule has 1 fully saturated rings. The molecule has 0 aromatic carbocycles. The highest BCUT2D eigenvalue weighted by molar-refractivity contribution is 7.46. The summed E-state index contributed by atoms with van der Waals surface area (Å²) in [5.74, 6) is 0.141. The van der Waals surface area contributed by atoms with Crippen LogP contribution in [0.4, 0.5) is 0 Å². The third-order valence-electron chi connectivity index (χ3n) is 1.50. The first-order chi connectivity index (χ1) is 5.08. The maximum Gasteiger partial charge on any atom is 0.469 e. The zero-order chi connectivity index (χ0) is 8.32. The van der Waals surface area contributed by atoms with E-state index in [4.69, 9.17) is 14.5 Å². The van der Waals surface area contributed by atoms with E-state index in [9.17, 15) is 4.57 Å². The van der Waals surface area contributed by atoms with Gasteiger partial charge in [-0.15, -0.1) is 0 Å². The monoisotopic (exact) mass is 182 g/mol. The Morgan fingerprint density at radius 3 is 2.82 bits per heavy atom. The normalized spacial score (nSPS) is 25.8. The Morgan fingerprint density at radius 2 is 2.36 bits per heavy atom. The van der Waals surface area contributed by atoms with Crippen LogP contribution in [0.1, 0.15) is 6.42 Å². The SMILES string of the molecule is O=P(O)(O)OCC1CCOC1. The molecule has 0 spiro atoms. The molecule has 66 valence electrons. The number of phosphoric ester groups is 1. The van der Waals surface area contributed by atoms with Crippen molar-refractivity contribution in [2.45, 2.75) is 6.42 Å². The summed E-state index contributed by atoms with van der Waals surface area (Å²) in [5.41, 5.74) is 0. The van der Waals surface area contributed by atoms with Gasteiger partial charge in [0.15, 0.2) is 0 Å². The van der Waals surface area contributed by atoms with Gasteiger partial charge in [-0.2, -0.15) is 0 Å². The Morgan fingerprint density at radius 1 is 1.64 bits per heavy atom. The Balaban J connectivity index is 2.16. The lowest BCUT2D eigenvalue weighted by Gasteiger charge is -2.08. The van der Waals surface area contributed by atoms with Gasteiger partial charge in [-0.3, -0.25) is 4.52 Å². The summed E-state index contributed by atoms with van der Waals surface area (Å²) in [5, 5.41) is 0. The average Bonchev–Trinajstić information content (AvgIpc) is 2.32. The van der Waals surface area contributed by atoms with Gasteiger partial charge in [0, 0.05) is 12.5 Å². The molecule has 1 rings (SSSR count). The molecule has 1 unspecified atom stereocenters. The Kier molecular flexibility index (Phi) is 3.04. The minimum atomic E-state index is -4.27. The van der Waals surface area contributed by atoms with E-state index < -0.39 is 7.82 Å². The fourth-order valence-corrected chi connectivity index (χ4v) is 1.32. The van der Waals surface area contributed by atoms with Crippen molar-refractivity contribution in [3.05, 3.63) is 0 Å². The van der Waals surface area contributed by atoms with Crippen molar-refractivity contribution in [2.75, 3.05) is 19.8 Å². The molecule has 5 nitrogen and oxygen atoms in total. The van der Waals surface area contributed by atoms with E-state index in [1.54, 1.807) is 0 Å². The van der Waals surface area contributed by atoms with Crippen molar-refractivity contribution in [3.63, 3.8) is 0 Å². The van der Waals surface area contributed by atoms with Crippen molar-refractivity contribution < 1.29 is 23.6 Å². The molecule has 0 saturated carbocycles. The summed E-state index contributed by atoms with van der Waals surface area (Å²) < 4.78 is 19.5. The molecule has 1 atom stereocenters. The van der Waals surface area contributed by atoms with Gasteiger partial charge in [-0.25, -0.2) is 4.57 Å². The molecular formula is C5H11O5P. The van der Waals surface area contributed by atoms with Gasteiger partial charge >= 0.3 is 7.82 Å². The van der Waals surface area contributed by atoms with Gasteiger partial charge in [0.25, 0.3) is 0 Å². The smallest absolute Gasteiger partial charge is 0.381 e. The van der Waals surface area contributed by atoms with Crippen LogP contribution in [0, 0.1) is 5.92 Å². The van der Waals surface area contributed by atoms with Crippen LogP contribution in [0.25, 0.3) is 0 Å². The summed E-state index contributed by atoms with van der Waals surface area (Å²) in [6.45, 7) is 1.29. The minimum absolute atomic E-state index is 0.0876. The zero-order valence-corrected chi connectivity index (χ0v) is 6.87. The maximum atomic E-state index is 10.2. The molecule has 2 N–H and O–H groups in total. The van der Waals surface area contributed by atoms with Crippen LogP contribution < -0.4 is 0 Å². The van der Waals surface area contributed by atoms with Crippen molar-refractivity contribution in [2.24, 2.45) is 5.92 Å².